The van der Waals surface area contributed by atoms with E-state index in [0.717, 1.165) is 18.5 Å². The molecule has 0 bridgehead atoms. The van der Waals surface area contributed by atoms with Crippen LogP contribution in [-0.4, -0.2) is 16.0 Å². The molecule has 122 valence electrons. The second kappa shape index (κ2) is 5.56. The van der Waals surface area contributed by atoms with Gasteiger partial charge in [0.1, 0.15) is 0 Å². The molecule has 5 nitrogen and oxygen atoms in total. The molecule has 1 fully saturated rings. The van der Waals surface area contributed by atoms with Crippen molar-refractivity contribution in [2.24, 2.45) is 0 Å². The Morgan fingerprint density at radius 1 is 1.42 bits per heavy atom. The van der Waals surface area contributed by atoms with Gasteiger partial charge >= 0.3 is 0 Å². The van der Waals surface area contributed by atoms with Gasteiger partial charge in [-0.15, -0.1) is 0 Å². The number of benzene rings is 1. The van der Waals surface area contributed by atoms with Gasteiger partial charge in [-0.05, 0) is 38.0 Å². The largest absolute Gasteiger partial charge is 0.336 e. The highest BCUT2D eigenvalue weighted by atomic mass is 35.5. The van der Waals surface area contributed by atoms with E-state index in [1.54, 1.807) is 19.1 Å². The summed E-state index contributed by atoms with van der Waals surface area (Å²) in [4.78, 5) is 17.2. The Balaban J connectivity index is 1.78. The molecule has 4 rings (SSSR count). The molecule has 1 aliphatic rings. The number of amides is 1. The standard InChI is InChI=1S/C17H13ClFN3O2/c1-8-14-10(7-13(9-5-6-9)21-17(14)24-22-8)16(23)20-12-4-2-3-11(18)15(12)19/h2-4,7,9H,5-6H2,1H3,(H,20,23). The number of aryl methyl sites for hydroxylation is 1. The van der Waals surface area contributed by atoms with Crippen LogP contribution in [0.2, 0.25) is 5.02 Å². The van der Waals surface area contributed by atoms with E-state index in [4.69, 9.17) is 16.1 Å². The molecule has 1 N–H and O–H groups in total. The lowest BCUT2D eigenvalue weighted by molar-refractivity contribution is 0.102. The molecular formula is C17H13ClFN3O2. The van der Waals surface area contributed by atoms with E-state index in [1.807, 2.05) is 0 Å². The maximum Gasteiger partial charge on any atom is 0.259 e. The second-order valence-electron chi connectivity index (χ2n) is 5.87. The van der Waals surface area contributed by atoms with Crippen molar-refractivity contribution in [3.63, 3.8) is 0 Å². The first-order valence-electron chi connectivity index (χ1n) is 7.57. The highest BCUT2D eigenvalue weighted by Crippen LogP contribution is 2.40. The molecule has 0 radical (unpaired) electrons. The fourth-order valence-corrected chi connectivity index (χ4v) is 2.85. The van der Waals surface area contributed by atoms with Gasteiger partial charge in [0.05, 0.1) is 27.4 Å². The predicted molar refractivity (Wildman–Crippen MR) is 87.9 cm³/mol. The quantitative estimate of drug-likeness (QED) is 0.761. The SMILES string of the molecule is Cc1noc2nc(C3CC3)cc(C(=O)Nc3cccc(Cl)c3F)c12. The number of aromatic nitrogens is 2. The van der Waals surface area contributed by atoms with Crippen molar-refractivity contribution < 1.29 is 13.7 Å². The lowest BCUT2D eigenvalue weighted by Crippen LogP contribution is -2.14. The Morgan fingerprint density at radius 3 is 2.96 bits per heavy atom. The Morgan fingerprint density at radius 2 is 2.21 bits per heavy atom. The lowest BCUT2D eigenvalue weighted by Gasteiger charge is -2.09. The van der Waals surface area contributed by atoms with Crippen molar-refractivity contribution in [3.05, 3.63) is 52.1 Å². The van der Waals surface area contributed by atoms with Crippen LogP contribution in [0.25, 0.3) is 11.1 Å². The fourth-order valence-electron chi connectivity index (χ4n) is 2.67. The van der Waals surface area contributed by atoms with E-state index in [-0.39, 0.29) is 10.7 Å². The molecule has 1 saturated carbocycles. The molecule has 1 amide bonds. The monoisotopic (exact) mass is 345 g/mol. The minimum atomic E-state index is -0.665. The number of carbonyl (C=O) groups is 1. The molecule has 1 aliphatic carbocycles. The van der Waals surface area contributed by atoms with E-state index in [2.05, 4.69) is 15.5 Å². The number of nitrogens with one attached hydrogen (secondary N) is 1. The van der Waals surface area contributed by atoms with Crippen molar-refractivity contribution in [2.45, 2.75) is 25.7 Å². The first kappa shape index (κ1) is 15.1. The van der Waals surface area contributed by atoms with Gasteiger partial charge in [0.15, 0.2) is 5.82 Å². The normalized spacial score (nSPS) is 14.1. The van der Waals surface area contributed by atoms with Gasteiger partial charge in [-0.3, -0.25) is 4.79 Å². The molecule has 2 aromatic heterocycles. The summed E-state index contributed by atoms with van der Waals surface area (Å²) in [6.45, 7) is 1.74. The van der Waals surface area contributed by atoms with E-state index in [9.17, 15) is 9.18 Å². The lowest BCUT2D eigenvalue weighted by atomic mass is 10.1. The highest BCUT2D eigenvalue weighted by molar-refractivity contribution is 6.31. The van der Waals surface area contributed by atoms with Crippen LogP contribution in [-0.2, 0) is 0 Å². The molecule has 24 heavy (non-hydrogen) atoms. The van der Waals surface area contributed by atoms with Crippen molar-refractivity contribution >= 4 is 34.3 Å². The van der Waals surface area contributed by atoms with Gasteiger partial charge in [0.2, 0.25) is 0 Å². The van der Waals surface area contributed by atoms with Crippen molar-refractivity contribution in [3.8, 4) is 0 Å². The fraction of sp³-hybridized carbons (Fsp3) is 0.235. The molecule has 0 atom stereocenters. The topological polar surface area (TPSA) is 68.0 Å². The van der Waals surface area contributed by atoms with Gasteiger partial charge in [0.25, 0.3) is 11.6 Å². The summed E-state index contributed by atoms with van der Waals surface area (Å²) < 4.78 is 19.3. The Hall–Kier alpha value is -2.47. The second-order valence-corrected chi connectivity index (χ2v) is 6.28. The first-order valence-corrected chi connectivity index (χ1v) is 7.94. The van der Waals surface area contributed by atoms with Crippen molar-refractivity contribution in [2.75, 3.05) is 5.32 Å². The highest BCUT2D eigenvalue weighted by Gasteiger charge is 2.28. The number of rotatable bonds is 3. The Kier molecular flexibility index (Phi) is 3.49. The smallest absolute Gasteiger partial charge is 0.259 e. The van der Waals surface area contributed by atoms with E-state index >= 15 is 0 Å². The minimum absolute atomic E-state index is 0.0274. The third kappa shape index (κ3) is 2.53. The average molecular weight is 346 g/mol. The Labute approximate surface area is 141 Å². The molecule has 0 spiro atoms. The average Bonchev–Trinajstić information content (AvgIpc) is 3.35. The number of nitrogens with zero attached hydrogens (tertiary/aromatic N) is 2. The molecule has 0 unspecified atom stereocenters. The van der Waals surface area contributed by atoms with Crippen molar-refractivity contribution in [1.29, 1.82) is 0 Å². The van der Waals surface area contributed by atoms with Crippen LogP contribution in [0.1, 0.15) is 40.5 Å². The molecule has 0 aliphatic heterocycles. The number of pyridine rings is 1. The summed E-state index contributed by atoms with van der Waals surface area (Å²) in [5.74, 6) is -0.770. The van der Waals surface area contributed by atoms with E-state index < -0.39 is 11.7 Å². The van der Waals surface area contributed by atoms with Gasteiger partial charge in [0, 0.05) is 11.6 Å². The zero-order valence-electron chi connectivity index (χ0n) is 12.8. The maximum absolute atomic E-state index is 14.0. The molecule has 7 heteroatoms. The zero-order valence-corrected chi connectivity index (χ0v) is 13.5. The summed E-state index contributed by atoms with van der Waals surface area (Å²) in [6.07, 6.45) is 2.07. The van der Waals surface area contributed by atoms with Gasteiger partial charge < -0.3 is 9.84 Å². The molecule has 2 heterocycles. The van der Waals surface area contributed by atoms with Crippen LogP contribution in [0.15, 0.2) is 28.8 Å². The van der Waals surface area contributed by atoms with E-state index in [1.165, 1.54) is 12.1 Å². The van der Waals surface area contributed by atoms with Gasteiger partial charge in [-0.25, -0.2) is 9.37 Å². The van der Waals surface area contributed by atoms with Crippen molar-refractivity contribution in [1.82, 2.24) is 10.1 Å². The van der Waals surface area contributed by atoms with Gasteiger partial charge in [-0.2, -0.15) is 0 Å². The molecule has 0 saturated heterocycles. The maximum atomic E-state index is 14.0. The number of carbonyl (C=O) groups excluding carboxylic acids is 1. The van der Waals surface area contributed by atoms with Crippen LogP contribution in [0.4, 0.5) is 10.1 Å². The van der Waals surface area contributed by atoms with Crippen LogP contribution in [0, 0.1) is 12.7 Å². The zero-order chi connectivity index (χ0) is 16.8. The number of halogens is 2. The third-order valence-corrected chi connectivity index (χ3v) is 4.37. The summed E-state index contributed by atoms with van der Waals surface area (Å²) >= 11 is 5.76. The number of fused-ring (bicyclic) bond motifs is 1. The van der Waals surface area contributed by atoms with E-state index in [0.29, 0.717) is 28.3 Å². The summed E-state index contributed by atoms with van der Waals surface area (Å²) in [5, 5.41) is 6.95. The first-order chi connectivity index (χ1) is 11.5. The Bertz CT molecular complexity index is 966. The third-order valence-electron chi connectivity index (χ3n) is 4.08. The van der Waals surface area contributed by atoms with Crippen LogP contribution in [0.5, 0.6) is 0 Å². The molecule has 1 aromatic carbocycles. The van der Waals surface area contributed by atoms with Crippen LogP contribution < -0.4 is 5.32 Å². The summed E-state index contributed by atoms with van der Waals surface area (Å²) in [5.41, 5.74) is 2.10. The number of hydrogen-bond donors (Lipinski definition) is 1. The summed E-state index contributed by atoms with van der Waals surface area (Å²) in [7, 11) is 0. The molecule has 3 aromatic rings. The molecular weight excluding hydrogens is 333 g/mol. The number of anilines is 1. The number of hydrogen-bond acceptors (Lipinski definition) is 4. The minimum Gasteiger partial charge on any atom is -0.336 e. The van der Waals surface area contributed by atoms with Crippen LogP contribution in [0.3, 0.4) is 0 Å². The summed E-state index contributed by atoms with van der Waals surface area (Å²) in [6, 6.07) is 6.19. The predicted octanol–water partition coefficient (Wildman–Crippen LogP) is 4.45. The van der Waals surface area contributed by atoms with Crippen LogP contribution >= 0.6 is 11.6 Å². The van der Waals surface area contributed by atoms with Gasteiger partial charge in [-0.1, -0.05) is 22.8 Å².